The van der Waals surface area contributed by atoms with E-state index in [9.17, 15) is 13.2 Å². The van der Waals surface area contributed by atoms with Crippen LogP contribution < -0.4 is 10.6 Å². The van der Waals surface area contributed by atoms with Crippen LogP contribution in [0.3, 0.4) is 0 Å². The number of nitrogens with one attached hydrogen (secondary N) is 3. The number of H-pyrrole nitrogens is 1. The molecular weight excluding hydrogens is 406 g/mol. The van der Waals surface area contributed by atoms with Gasteiger partial charge in [0, 0.05) is 23.2 Å². The Morgan fingerprint density at radius 2 is 2.07 bits per heavy atom. The third-order valence-electron chi connectivity index (χ3n) is 5.31. The van der Waals surface area contributed by atoms with Crippen molar-refractivity contribution in [2.45, 2.75) is 69.0 Å². The number of carbonyl (C=O) groups excluding carboxylic acids is 1. The second-order valence-electron chi connectivity index (χ2n) is 9.00. The maximum absolute atomic E-state index is 12.0. The molecule has 162 valence electrons. The molecule has 2 atom stereocenters. The Morgan fingerprint density at radius 3 is 2.83 bits per heavy atom. The molecule has 0 spiro atoms. The van der Waals surface area contributed by atoms with E-state index in [1.807, 2.05) is 32.9 Å². The van der Waals surface area contributed by atoms with Crippen molar-refractivity contribution in [3.8, 4) is 0 Å². The quantitative estimate of drug-likeness (QED) is 0.676. The molecule has 2 aromatic rings. The molecule has 0 unspecified atom stereocenters. The summed E-state index contributed by atoms with van der Waals surface area (Å²) in [4.78, 5) is 16.1. The van der Waals surface area contributed by atoms with Crippen molar-refractivity contribution in [3.05, 3.63) is 29.6 Å². The molecule has 2 aromatic heterocycles. The van der Waals surface area contributed by atoms with Crippen molar-refractivity contribution < 1.29 is 17.9 Å². The number of sulfone groups is 1. The first-order chi connectivity index (χ1) is 14.1. The summed E-state index contributed by atoms with van der Waals surface area (Å²) >= 11 is 0. The standard InChI is InChI=1S/C20H27N5O4S/c1-20(2,3)23-19(26)29-15-5-4-12(9-15)16-10-17(25-24-16)22-14-8-13-6-7-30(27,28)18(13)21-11-14/h8,10-12,15H,4-7,9H2,1-3H3,(H,23,26)(H2,22,24,25)/t12-,15+/m0/s1. The first kappa shape index (κ1) is 20.6. The zero-order valence-corrected chi connectivity index (χ0v) is 18.2. The van der Waals surface area contributed by atoms with Gasteiger partial charge in [0.2, 0.25) is 0 Å². The van der Waals surface area contributed by atoms with Crippen LogP contribution in [0, 0.1) is 0 Å². The van der Waals surface area contributed by atoms with Gasteiger partial charge in [-0.1, -0.05) is 0 Å². The minimum atomic E-state index is -3.23. The summed E-state index contributed by atoms with van der Waals surface area (Å²) in [6.07, 6.45) is 3.98. The summed E-state index contributed by atoms with van der Waals surface area (Å²) in [5.74, 6) is 0.996. The molecule has 9 nitrogen and oxygen atoms in total. The number of hydrogen-bond donors (Lipinski definition) is 3. The lowest BCUT2D eigenvalue weighted by molar-refractivity contribution is 0.0936. The fourth-order valence-electron chi connectivity index (χ4n) is 3.94. The lowest BCUT2D eigenvalue weighted by Crippen LogP contribution is -2.42. The monoisotopic (exact) mass is 433 g/mol. The Morgan fingerprint density at radius 1 is 1.27 bits per heavy atom. The average molecular weight is 434 g/mol. The highest BCUT2D eigenvalue weighted by molar-refractivity contribution is 7.91. The van der Waals surface area contributed by atoms with Crippen LogP contribution in [0.1, 0.15) is 57.2 Å². The summed E-state index contributed by atoms with van der Waals surface area (Å²) < 4.78 is 29.3. The first-order valence-electron chi connectivity index (χ1n) is 10.1. The molecule has 1 aliphatic heterocycles. The molecule has 2 aliphatic rings. The number of nitrogens with zero attached hydrogens (tertiary/aromatic N) is 2. The molecule has 1 aliphatic carbocycles. The van der Waals surface area contributed by atoms with Gasteiger partial charge in [-0.3, -0.25) is 5.10 Å². The smallest absolute Gasteiger partial charge is 0.407 e. The number of ether oxygens (including phenoxy) is 1. The predicted molar refractivity (Wildman–Crippen MR) is 112 cm³/mol. The summed E-state index contributed by atoms with van der Waals surface area (Å²) in [5.41, 5.74) is 2.10. The van der Waals surface area contributed by atoms with Gasteiger partial charge < -0.3 is 15.4 Å². The van der Waals surface area contributed by atoms with Crippen LogP contribution >= 0.6 is 0 Å². The zero-order chi connectivity index (χ0) is 21.5. The molecule has 1 amide bonds. The number of aryl methyl sites for hydroxylation is 1. The minimum absolute atomic E-state index is 0.111. The van der Waals surface area contributed by atoms with Crippen LogP contribution in [0.15, 0.2) is 23.4 Å². The maximum Gasteiger partial charge on any atom is 0.407 e. The molecule has 0 aromatic carbocycles. The predicted octanol–water partition coefficient (Wildman–Crippen LogP) is 3.04. The number of hydrogen-bond acceptors (Lipinski definition) is 7. The third-order valence-corrected chi connectivity index (χ3v) is 7.00. The SMILES string of the molecule is CC(C)(C)NC(=O)O[C@@H]1CC[C@H](c2cc(Nc3cnc4c(c3)CCS4(=O)=O)n[nH]2)C1. The molecule has 0 bridgehead atoms. The Balaban J connectivity index is 1.36. The number of carbonyl (C=O) groups is 1. The molecular formula is C20H27N5O4S. The van der Waals surface area contributed by atoms with E-state index < -0.39 is 9.84 Å². The van der Waals surface area contributed by atoms with Crippen molar-refractivity contribution >= 4 is 27.4 Å². The summed E-state index contributed by atoms with van der Waals surface area (Å²) in [6, 6.07) is 3.75. The van der Waals surface area contributed by atoms with Gasteiger partial charge in [0.25, 0.3) is 0 Å². The average Bonchev–Trinajstić information content (AvgIpc) is 3.33. The molecule has 1 saturated carbocycles. The Hall–Kier alpha value is -2.62. The maximum atomic E-state index is 12.0. The molecule has 3 N–H and O–H groups in total. The number of aromatic nitrogens is 3. The van der Waals surface area contributed by atoms with Crippen molar-refractivity contribution in [2.24, 2.45) is 0 Å². The fraction of sp³-hybridized carbons (Fsp3) is 0.550. The second-order valence-corrected chi connectivity index (χ2v) is 11.0. The fourth-order valence-corrected chi connectivity index (χ4v) is 5.40. The van der Waals surface area contributed by atoms with E-state index in [1.165, 1.54) is 6.20 Å². The van der Waals surface area contributed by atoms with Crippen LogP contribution in [0.4, 0.5) is 16.3 Å². The highest BCUT2D eigenvalue weighted by Gasteiger charge is 2.31. The Bertz CT molecular complexity index is 1060. The number of pyridine rings is 1. The lowest BCUT2D eigenvalue weighted by Gasteiger charge is -2.22. The van der Waals surface area contributed by atoms with E-state index in [0.717, 1.165) is 30.5 Å². The summed E-state index contributed by atoms with van der Waals surface area (Å²) in [5, 5.41) is 13.6. The van der Waals surface area contributed by atoms with Gasteiger partial charge in [0.05, 0.1) is 17.6 Å². The highest BCUT2D eigenvalue weighted by Crippen LogP contribution is 2.36. The van der Waals surface area contributed by atoms with Crippen LogP contribution in [0.5, 0.6) is 0 Å². The largest absolute Gasteiger partial charge is 0.446 e. The van der Waals surface area contributed by atoms with E-state index in [0.29, 0.717) is 17.9 Å². The second kappa shape index (κ2) is 7.57. The molecule has 4 rings (SSSR count). The number of alkyl carbamates (subject to hydrolysis) is 1. The van der Waals surface area contributed by atoms with Gasteiger partial charge in [0.1, 0.15) is 6.10 Å². The van der Waals surface area contributed by atoms with E-state index in [2.05, 4.69) is 25.8 Å². The number of rotatable bonds is 4. The molecule has 10 heteroatoms. The van der Waals surface area contributed by atoms with Crippen LogP contribution in [-0.2, 0) is 21.0 Å². The van der Waals surface area contributed by atoms with Crippen molar-refractivity contribution in [3.63, 3.8) is 0 Å². The number of aromatic amines is 1. The molecule has 1 fully saturated rings. The normalized spacial score (nSPS) is 22.5. The lowest BCUT2D eigenvalue weighted by atomic mass is 10.0. The number of amides is 1. The molecule has 0 radical (unpaired) electrons. The summed E-state index contributed by atoms with van der Waals surface area (Å²) in [6.45, 7) is 5.75. The van der Waals surface area contributed by atoms with Crippen molar-refractivity contribution in [1.29, 1.82) is 0 Å². The van der Waals surface area contributed by atoms with E-state index >= 15 is 0 Å². The van der Waals surface area contributed by atoms with Gasteiger partial charge in [-0.15, -0.1) is 0 Å². The van der Waals surface area contributed by atoms with Gasteiger partial charge in [-0.05, 0) is 58.1 Å². The summed E-state index contributed by atoms with van der Waals surface area (Å²) in [7, 11) is -3.23. The van der Waals surface area contributed by atoms with Gasteiger partial charge >= 0.3 is 6.09 Å². The molecule has 0 saturated heterocycles. The molecule has 3 heterocycles. The van der Waals surface area contributed by atoms with Crippen LogP contribution in [0.25, 0.3) is 0 Å². The van der Waals surface area contributed by atoms with Crippen molar-refractivity contribution in [2.75, 3.05) is 11.1 Å². The van der Waals surface area contributed by atoms with E-state index in [4.69, 9.17) is 4.74 Å². The van der Waals surface area contributed by atoms with E-state index in [1.54, 1.807) is 0 Å². The highest BCUT2D eigenvalue weighted by atomic mass is 32.2. The van der Waals surface area contributed by atoms with Gasteiger partial charge in [0.15, 0.2) is 20.7 Å². The number of fused-ring (bicyclic) bond motifs is 1. The Labute approximate surface area is 175 Å². The van der Waals surface area contributed by atoms with Gasteiger partial charge in [-0.25, -0.2) is 18.2 Å². The van der Waals surface area contributed by atoms with Crippen molar-refractivity contribution in [1.82, 2.24) is 20.5 Å². The van der Waals surface area contributed by atoms with Crippen LogP contribution in [-0.4, -0.2) is 47.1 Å². The van der Waals surface area contributed by atoms with E-state index in [-0.39, 0.29) is 34.4 Å². The third kappa shape index (κ3) is 4.58. The zero-order valence-electron chi connectivity index (χ0n) is 17.4. The first-order valence-corrected chi connectivity index (χ1v) is 11.8. The Kier molecular flexibility index (Phi) is 5.21. The molecule has 30 heavy (non-hydrogen) atoms. The topological polar surface area (TPSA) is 126 Å². The number of anilines is 2. The van der Waals surface area contributed by atoms with Gasteiger partial charge in [-0.2, -0.15) is 5.10 Å². The minimum Gasteiger partial charge on any atom is -0.446 e. The van der Waals surface area contributed by atoms with Crippen LogP contribution in [0.2, 0.25) is 0 Å².